The van der Waals surface area contributed by atoms with Crippen molar-refractivity contribution < 1.29 is 23.9 Å². The fourth-order valence-electron chi connectivity index (χ4n) is 7.04. The lowest BCUT2D eigenvalue weighted by Gasteiger charge is -2.22. The number of piperidine rings is 1. The maximum absolute atomic E-state index is 13.4. The number of hydrogen-bond donors (Lipinski definition) is 3. The largest absolute Gasteiger partial charge is 0.489 e. The molecule has 1 saturated heterocycles. The van der Waals surface area contributed by atoms with Crippen LogP contribution in [0.2, 0.25) is 0 Å². The van der Waals surface area contributed by atoms with E-state index in [0.29, 0.717) is 35.5 Å². The molecule has 3 amide bonds. The summed E-state index contributed by atoms with van der Waals surface area (Å²) in [6.45, 7) is 4.82. The molecule has 1 aliphatic rings. The molecule has 3 aromatic carbocycles. The highest BCUT2D eigenvalue weighted by molar-refractivity contribution is 6.02. The summed E-state index contributed by atoms with van der Waals surface area (Å²) in [4.78, 5) is 59.2. The van der Waals surface area contributed by atoms with Crippen molar-refractivity contribution in [3.05, 3.63) is 106 Å². The van der Waals surface area contributed by atoms with Gasteiger partial charge in [-0.25, -0.2) is 9.78 Å². The number of methoxy groups -OCH3 is 1. The quantitative estimate of drug-likeness (QED) is 0.0905. The number of carbonyl (C=O) groups excluding carboxylic acids is 3. The van der Waals surface area contributed by atoms with Crippen LogP contribution in [0.15, 0.2) is 83.9 Å². The Balaban J connectivity index is 1.11. The number of aryl methyl sites for hydroxylation is 2. The van der Waals surface area contributed by atoms with Crippen molar-refractivity contribution >= 4 is 45.2 Å². The molecule has 0 aliphatic carbocycles. The summed E-state index contributed by atoms with van der Waals surface area (Å²) in [5.41, 5.74) is 7.64. The second kappa shape index (κ2) is 16.5. The van der Waals surface area contributed by atoms with Crippen molar-refractivity contribution in [2.75, 3.05) is 32.2 Å². The Morgan fingerprint density at radius 2 is 1.79 bits per heavy atom. The molecular weight excluding hydrogens is 723 g/mol. The molecule has 290 valence electrons. The molecule has 7 rings (SSSR count). The first-order chi connectivity index (χ1) is 27.5. The number of nitrogens with zero attached hydrogens (tertiary/aromatic N) is 4. The van der Waals surface area contributed by atoms with Crippen LogP contribution in [0, 0.1) is 11.8 Å². The normalized spacial score (nSPS) is 14.0. The minimum Gasteiger partial charge on any atom is -0.489 e. The molecule has 57 heavy (non-hydrogen) atoms. The van der Waals surface area contributed by atoms with Crippen molar-refractivity contribution in [2.24, 2.45) is 14.1 Å². The van der Waals surface area contributed by atoms with Gasteiger partial charge < -0.3 is 20.1 Å². The van der Waals surface area contributed by atoms with Crippen LogP contribution >= 0.6 is 0 Å². The van der Waals surface area contributed by atoms with E-state index in [-0.39, 0.29) is 54.4 Å². The Bertz CT molecular complexity index is 2670. The third kappa shape index (κ3) is 8.13. The van der Waals surface area contributed by atoms with Gasteiger partial charge in [0, 0.05) is 62.2 Å². The van der Waals surface area contributed by atoms with Gasteiger partial charge in [-0.2, -0.15) is 0 Å². The SMILES string of the molecule is COCCOc1cc(-c2cc3cccc(-c4cc(C(C)C)c5c(c4)n(C)c(=O)n5C)c3cn2)cnc1C(=O)NCC#Cc1cccc(NC2CCC(=O)NC2=O)c1. The van der Waals surface area contributed by atoms with Gasteiger partial charge in [-0.05, 0) is 76.9 Å². The van der Waals surface area contributed by atoms with E-state index in [1.807, 2.05) is 49.6 Å². The van der Waals surface area contributed by atoms with E-state index in [9.17, 15) is 19.2 Å². The van der Waals surface area contributed by atoms with Gasteiger partial charge in [0.2, 0.25) is 11.8 Å². The fourth-order valence-corrected chi connectivity index (χ4v) is 7.04. The minimum absolute atomic E-state index is 0.0469. The van der Waals surface area contributed by atoms with E-state index in [0.717, 1.165) is 38.5 Å². The Morgan fingerprint density at radius 3 is 2.58 bits per heavy atom. The van der Waals surface area contributed by atoms with Crippen LogP contribution < -0.4 is 26.4 Å². The van der Waals surface area contributed by atoms with E-state index in [4.69, 9.17) is 14.5 Å². The lowest BCUT2D eigenvalue weighted by atomic mass is 9.93. The zero-order valence-corrected chi connectivity index (χ0v) is 32.4. The van der Waals surface area contributed by atoms with Gasteiger partial charge in [0.05, 0.1) is 29.9 Å². The van der Waals surface area contributed by atoms with Crippen LogP contribution in [-0.2, 0) is 28.4 Å². The number of benzene rings is 3. The lowest BCUT2D eigenvalue weighted by molar-refractivity contribution is -0.133. The molecule has 3 aromatic heterocycles. The number of ether oxygens (including phenoxy) is 2. The molecule has 1 unspecified atom stereocenters. The van der Waals surface area contributed by atoms with E-state index < -0.39 is 11.9 Å². The summed E-state index contributed by atoms with van der Waals surface area (Å²) in [6.07, 6.45) is 4.13. The Morgan fingerprint density at radius 1 is 0.965 bits per heavy atom. The van der Waals surface area contributed by atoms with Gasteiger partial charge in [-0.1, -0.05) is 50.0 Å². The first-order valence-electron chi connectivity index (χ1n) is 18.7. The monoisotopic (exact) mass is 765 g/mol. The number of amides is 3. The first kappa shape index (κ1) is 38.5. The van der Waals surface area contributed by atoms with E-state index >= 15 is 0 Å². The Labute approximate surface area is 329 Å². The van der Waals surface area contributed by atoms with Gasteiger partial charge in [-0.15, -0.1) is 0 Å². The zero-order valence-electron chi connectivity index (χ0n) is 32.4. The number of rotatable bonds is 11. The number of anilines is 1. The third-order valence-corrected chi connectivity index (χ3v) is 10.0. The lowest BCUT2D eigenvalue weighted by Crippen LogP contribution is -2.47. The summed E-state index contributed by atoms with van der Waals surface area (Å²) in [5.74, 6) is 5.40. The molecule has 1 atom stereocenters. The molecule has 13 heteroatoms. The average molecular weight is 766 g/mol. The minimum atomic E-state index is -0.506. The highest BCUT2D eigenvalue weighted by Crippen LogP contribution is 2.36. The number of imide groups is 1. The first-order valence-corrected chi connectivity index (χ1v) is 18.7. The molecule has 0 bridgehead atoms. The van der Waals surface area contributed by atoms with Gasteiger partial charge in [0.15, 0.2) is 11.4 Å². The van der Waals surface area contributed by atoms with Crippen molar-refractivity contribution in [1.29, 1.82) is 0 Å². The smallest absolute Gasteiger partial charge is 0.328 e. The third-order valence-electron chi connectivity index (χ3n) is 10.0. The molecule has 0 radical (unpaired) electrons. The summed E-state index contributed by atoms with van der Waals surface area (Å²) < 4.78 is 14.6. The summed E-state index contributed by atoms with van der Waals surface area (Å²) in [5, 5.41) is 10.2. The van der Waals surface area contributed by atoms with Crippen molar-refractivity contribution in [3.8, 4) is 40.0 Å². The Hall–Kier alpha value is -6.78. The van der Waals surface area contributed by atoms with Gasteiger partial charge in [0.25, 0.3) is 5.91 Å². The maximum atomic E-state index is 13.4. The van der Waals surface area contributed by atoms with Crippen LogP contribution in [0.5, 0.6) is 5.75 Å². The zero-order chi connectivity index (χ0) is 40.2. The molecule has 13 nitrogen and oxygen atoms in total. The number of hydrogen-bond acceptors (Lipinski definition) is 9. The molecule has 3 N–H and O–H groups in total. The van der Waals surface area contributed by atoms with Crippen LogP contribution in [0.4, 0.5) is 5.69 Å². The van der Waals surface area contributed by atoms with E-state index in [1.54, 1.807) is 41.6 Å². The summed E-state index contributed by atoms with van der Waals surface area (Å²) >= 11 is 0. The summed E-state index contributed by atoms with van der Waals surface area (Å²) in [6, 6.07) is 20.8. The van der Waals surface area contributed by atoms with Gasteiger partial charge in [0.1, 0.15) is 12.6 Å². The van der Waals surface area contributed by atoms with Crippen LogP contribution in [0.3, 0.4) is 0 Å². The maximum Gasteiger partial charge on any atom is 0.328 e. The molecule has 6 aromatic rings. The highest BCUT2D eigenvalue weighted by Gasteiger charge is 2.26. The van der Waals surface area contributed by atoms with Crippen molar-refractivity contribution in [3.63, 3.8) is 0 Å². The summed E-state index contributed by atoms with van der Waals surface area (Å²) in [7, 11) is 5.18. The number of aromatic nitrogens is 4. The number of carbonyl (C=O) groups is 3. The van der Waals surface area contributed by atoms with Crippen molar-refractivity contribution in [1.82, 2.24) is 29.7 Å². The van der Waals surface area contributed by atoms with Gasteiger partial charge >= 0.3 is 5.69 Å². The Kier molecular flexibility index (Phi) is 11.2. The van der Waals surface area contributed by atoms with E-state index in [1.165, 1.54) is 0 Å². The van der Waals surface area contributed by atoms with Crippen LogP contribution in [-0.4, -0.2) is 69.7 Å². The second-order valence-electron chi connectivity index (χ2n) is 14.2. The number of imidazole rings is 1. The number of nitrogens with one attached hydrogen (secondary N) is 3. The highest BCUT2D eigenvalue weighted by atomic mass is 16.5. The molecule has 0 spiro atoms. The predicted molar refractivity (Wildman–Crippen MR) is 219 cm³/mol. The number of fused-ring (bicyclic) bond motifs is 2. The average Bonchev–Trinajstić information content (AvgIpc) is 3.43. The van der Waals surface area contributed by atoms with Gasteiger partial charge in [-0.3, -0.25) is 33.8 Å². The van der Waals surface area contributed by atoms with Crippen LogP contribution in [0.25, 0.3) is 44.2 Å². The number of pyridine rings is 2. The topological polar surface area (TPSA) is 158 Å². The standard InChI is InChI=1S/C44H43N7O6/c1-26(2)33-20-29(22-37-41(33)51(4)44(55)50(37)3)32-13-7-11-28-21-36(46-25-34(28)32)30-23-38(57-18-17-56-5)40(47-24-30)43(54)45-16-8-10-27-9-6-12-31(19-27)48-35-14-15-39(52)49-42(35)53/h6-7,9,11-13,19-26,35,48H,14-18H2,1-5H3,(H,45,54)(H,49,52,53). The van der Waals surface area contributed by atoms with E-state index in [2.05, 4.69) is 64.8 Å². The molecule has 0 saturated carbocycles. The van der Waals surface area contributed by atoms with Crippen LogP contribution in [0.1, 0.15) is 54.2 Å². The molecule has 1 aliphatic heterocycles. The predicted octanol–water partition coefficient (Wildman–Crippen LogP) is 5.30. The second-order valence-corrected chi connectivity index (χ2v) is 14.2. The molecular formula is C44H43N7O6. The molecule has 1 fully saturated rings. The molecule has 4 heterocycles. The fraction of sp³-hybridized carbons (Fsp3) is 0.273. The van der Waals surface area contributed by atoms with Crippen molar-refractivity contribution in [2.45, 2.75) is 38.6 Å².